The van der Waals surface area contributed by atoms with E-state index in [1.807, 2.05) is 0 Å². The van der Waals surface area contributed by atoms with E-state index < -0.39 is 0 Å². The summed E-state index contributed by atoms with van der Waals surface area (Å²) in [5, 5.41) is 10.8. The standard InChI is InChI=1S/C16H22ClFO/c1-10(2)11-3-6-16(19)13(7-11)8-12-9-14(18)4-5-15(12)17/h4-5,9-11,13,16,19H,3,6-8H2,1-2H3. The van der Waals surface area contributed by atoms with E-state index in [9.17, 15) is 9.50 Å². The lowest BCUT2D eigenvalue weighted by Gasteiger charge is -2.35. The van der Waals surface area contributed by atoms with Crippen LogP contribution in [0.3, 0.4) is 0 Å². The van der Waals surface area contributed by atoms with Crippen LogP contribution in [0.5, 0.6) is 0 Å². The van der Waals surface area contributed by atoms with Gasteiger partial charge in [-0.3, -0.25) is 0 Å². The van der Waals surface area contributed by atoms with E-state index in [1.54, 1.807) is 6.07 Å². The third-order valence-corrected chi connectivity index (χ3v) is 4.78. The lowest BCUT2D eigenvalue weighted by Crippen LogP contribution is -2.32. The van der Waals surface area contributed by atoms with E-state index in [1.165, 1.54) is 12.1 Å². The topological polar surface area (TPSA) is 20.2 Å². The number of aliphatic hydroxyl groups excluding tert-OH is 1. The van der Waals surface area contributed by atoms with Crippen LogP contribution >= 0.6 is 11.6 Å². The molecule has 3 heteroatoms. The van der Waals surface area contributed by atoms with E-state index in [0.29, 0.717) is 23.3 Å². The molecule has 0 aromatic heterocycles. The highest BCUT2D eigenvalue weighted by Gasteiger charge is 2.31. The quantitative estimate of drug-likeness (QED) is 0.869. The van der Waals surface area contributed by atoms with Crippen molar-refractivity contribution in [2.75, 3.05) is 0 Å². The molecule has 19 heavy (non-hydrogen) atoms. The summed E-state index contributed by atoms with van der Waals surface area (Å²) in [6.45, 7) is 4.46. The summed E-state index contributed by atoms with van der Waals surface area (Å²) in [6.07, 6.45) is 3.33. The summed E-state index contributed by atoms with van der Waals surface area (Å²) in [5.41, 5.74) is 0.815. The Labute approximate surface area is 119 Å². The maximum absolute atomic E-state index is 13.3. The normalized spacial score (nSPS) is 27.8. The Kier molecular flexibility index (Phi) is 4.86. The minimum Gasteiger partial charge on any atom is -0.393 e. The Hall–Kier alpha value is -0.600. The zero-order valence-electron chi connectivity index (χ0n) is 11.6. The second-order valence-electron chi connectivity index (χ2n) is 6.08. The van der Waals surface area contributed by atoms with Crippen LogP contribution < -0.4 is 0 Å². The molecule has 1 aromatic rings. The van der Waals surface area contributed by atoms with Gasteiger partial charge in [0, 0.05) is 5.02 Å². The fourth-order valence-electron chi connectivity index (χ4n) is 3.09. The lowest BCUT2D eigenvalue weighted by molar-refractivity contribution is 0.0378. The van der Waals surface area contributed by atoms with Gasteiger partial charge in [0.05, 0.1) is 6.10 Å². The summed E-state index contributed by atoms with van der Waals surface area (Å²) >= 11 is 6.11. The Morgan fingerprint density at radius 2 is 2.11 bits per heavy atom. The summed E-state index contributed by atoms with van der Waals surface area (Å²) in [5.74, 6) is 1.23. The first-order valence-electron chi connectivity index (χ1n) is 7.09. The van der Waals surface area contributed by atoms with Gasteiger partial charge in [0.1, 0.15) is 5.82 Å². The molecule has 2 rings (SSSR count). The average Bonchev–Trinajstić information content (AvgIpc) is 2.36. The highest BCUT2D eigenvalue weighted by Crippen LogP contribution is 2.36. The van der Waals surface area contributed by atoms with Crippen molar-refractivity contribution < 1.29 is 9.50 Å². The van der Waals surface area contributed by atoms with E-state index in [0.717, 1.165) is 24.8 Å². The van der Waals surface area contributed by atoms with Crippen LogP contribution in [0.4, 0.5) is 4.39 Å². The number of aliphatic hydroxyl groups is 1. The summed E-state index contributed by atoms with van der Waals surface area (Å²) in [7, 11) is 0. The van der Waals surface area contributed by atoms with Gasteiger partial charge in [-0.1, -0.05) is 25.4 Å². The lowest BCUT2D eigenvalue weighted by atomic mass is 9.73. The summed E-state index contributed by atoms with van der Waals surface area (Å²) < 4.78 is 13.3. The van der Waals surface area contributed by atoms with Gasteiger partial charge in [-0.15, -0.1) is 0 Å². The number of halogens is 2. The minimum atomic E-state index is -0.283. The number of hydrogen-bond acceptors (Lipinski definition) is 1. The zero-order chi connectivity index (χ0) is 14.0. The second kappa shape index (κ2) is 6.23. The molecular weight excluding hydrogens is 263 g/mol. The summed E-state index contributed by atoms with van der Waals surface area (Å²) in [6, 6.07) is 4.47. The van der Waals surface area contributed by atoms with Crippen LogP contribution in [0.25, 0.3) is 0 Å². The zero-order valence-corrected chi connectivity index (χ0v) is 12.3. The molecule has 1 saturated carbocycles. The largest absolute Gasteiger partial charge is 0.393 e. The molecule has 0 aliphatic heterocycles. The second-order valence-corrected chi connectivity index (χ2v) is 6.49. The Bertz CT molecular complexity index is 433. The first kappa shape index (κ1) is 14.8. The molecule has 3 atom stereocenters. The van der Waals surface area contributed by atoms with Crippen molar-refractivity contribution in [2.45, 2.75) is 45.6 Å². The fraction of sp³-hybridized carbons (Fsp3) is 0.625. The van der Waals surface area contributed by atoms with Crippen LogP contribution in [0.2, 0.25) is 5.02 Å². The Balaban J connectivity index is 2.09. The van der Waals surface area contributed by atoms with Gasteiger partial charge in [-0.2, -0.15) is 0 Å². The highest BCUT2D eigenvalue weighted by atomic mass is 35.5. The molecule has 1 fully saturated rings. The van der Waals surface area contributed by atoms with Crippen LogP contribution in [0.15, 0.2) is 18.2 Å². The van der Waals surface area contributed by atoms with E-state index in [4.69, 9.17) is 11.6 Å². The number of hydrogen-bond donors (Lipinski definition) is 1. The molecule has 1 N–H and O–H groups in total. The van der Waals surface area contributed by atoms with Gasteiger partial charge in [-0.05, 0) is 67.2 Å². The maximum atomic E-state index is 13.3. The van der Waals surface area contributed by atoms with Gasteiger partial charge in [-0.25, -0.2) is 4.39 Å². The smallest absolute Gasteiger partial charge is 0.123 e. The molecular formula is C16H22ClFO. The predicted octanol–water partition coefficient (Wildman–Crippen LogP) is 4.45. The molecule has 0 radical (unpaired) electrons. The van der Waals surface area contributed by atoms with Crippen molar-refractivity contribution in [1.82, 2.24) is 0 Å². The van der Waals surface area contributed by atoms with Crippen molar-refractivity contribution in [3.05, 3.63) is 34.6 Å². The van der Waals surface area contributed by atoms with Gasteiger partial charge >= 0.3 is 0 Å². The van der Waals surface area contributed by atoms with E-state index in [-0.39, 0.29) is 17.8 Å². The van der Waals surface area contributed by atoms with Gasteiger partial charge in [0.2, 0.25) is 0 Å². The third kappa shape index (κ3) is 3.70. The number of rotatable bonds is 3. The molecule has 0 spiro atoms. The first-order chi connectivity index (χ1) is 8.97. The molecule has 0 amide bonds. The van der Waals surface area contributed by atoms with Crippen LogP contribution in [0, 0.1) is 23.6 Å². The molecule has 1 aliphatic carbocycles. The monoisotopic (exact) mass is 284 g/mol. The molecule has 1 aliphatic rings. The van der Waals surface area contributed by atoms with E-state index >= 15 is 0 Å². The molecule has 1 nitrogen and oxygen atoms in total. The molecule has 3 unspecified atom stereocenters. The highest BCUT2D eigenvalue weighted by molar-refractivity contribution is 6.31. The Morgan fingerprint density at radius 1 is 1.37 bits per heavy atom. The SMILES string of the molecule is CC(C)C1CCC(O)C(Cc2cc(F)ccc2Cl)C1. The van der Waals surface area contributed by atoms with Crippen molar-refractivity contribution in [2.24, 2.45) is 17.8 Å². The van der Waals surface area contributed by atoms with Crippen molar-refractivity contribution in [3.8, 4) is 0 Å². The van der Waals surface area contributed by atoms with E-state index in [2.05, 4.69) is 13.8 Å². The fourth-order valence-corrected chi connectivity index (χ4v) is 3.29. The predicted molar refractivity (Wildman–Crippen MR) is 76.8 cm³/mol. The minimum absolute atomic E-state index is 0.195. The molecule has 0 heterocycles. The molecule has 106 valence electrons. The van der Waals surface area contributed by atoms with Crippen LogP contribution in [-0.2, 0) is 6.42 Å². The van der Waals surface area contributed by atoms with Crippen LogP contribution in [0.1, 0.15) is 38.7 Å². The Morgan fingerprint density at radius 3 is 2.79 bits per heavy atom. The van der Waals surface area contributed by atoms with Crippen molar-refractivity contribution in [3.63, 3.8) is 0 Å². The first-order valence-corrected chi connectivity index (χ1v) is 7.47. The molecule has 0 bridgehead atoms. The van der Waals surface area contributed by atoms with Gasteiger partial charge in [0.15, 0.2) is 0 Å². The summed E-state index contributed by atoms with van der Waals surface area (Å²) in [4.78, 5) is 0. The average molecular weight is 285 g/mol. The van der Waals surface area contributed by atoms with Gasteiger partial charge < -0.3 is 5.11 Å². The molecule has 0 saturated heterocycles. The van der Waals surface area contributed by atoms with Crippen molar-refractivity contribution in [1.29, 1.82) is 0 Å². The maximum Gasteiger partial charge on any atom is 0.123 e. The van der Waals surface area contributed by atoms with Gasteiger partial charge in [0.25, 0.3) is 0 Å². The van der Waals surface area contributed by atoms with Crippen LogP contribution in [-0.4, -0.2) is 11.2 Å². The van der Waals surface area contributed by atoms with Crippen molar-refractivity contribution >= 4 is 11.6 Å². The third-order valence-electron chi connectivity index (χ3n) is 4.42. The molecule has 1 aromatic carbocycles. The number of benzene rings is 1.